The van der Waals surface area contributed by atoms with Crippen molar-refractivity contribution in [2.45, 2.75) is 6.42 Å². The second-order valence-corrected chi connectivity index (χ2v) is 6.70. The summed E-state index contributed by atoms with van der Waals surface area (Å²) in [5.74, 6) is -0.128. The molecule has 3 heterocycles. The molecule has 1 N–H and O–H groups in total. The van der Waals surface area contributed by atoms with Crippen LogP contribution in [0, 0.1) is 5.92 Å². The van der Waals surface area contributed by atoms with Gasteiger partial charge in [0.15, 0.2) is 11.5 Å². The number of benzene rings is 1. The first-order valence-electron chi connectivity index (χ1n) is 7.50. The molecule has 1 aromatic heterocycles. The number of thiazole rings is 1. The fourth-order valence-electron chi connectivity index (χ4n) is 2.84. The third-order valence-electron chi connectivity index (χ3n) is 4.16. The van der Waals surface area contributed by atoms with Crippen LogP contribution in [-0.2, 0) is 4.79 Å². The van der Waals surface area contributed by atoms with Gasteiger partial charge in [0.25, 0.3) is 5.91 Å². The number of carboxylic acids is 1. The van der Waals surface area contributed by atoms with Gasteiger partial charge in [0.2, 0.25) is 6.79 Å². The highest BCUT2D eigenvalue weighted by atomic mass is 32.1. The average Bonchev–Trinajstić information content (AvgIpc) is 3.31. The maximum absolute atomic E-state index is 12.5. The Morgan fingerprint density at radius 3 is 2.92 bits per heavy atom. The number of aromatic nitrogens is 1. The SMILES string of the molecule is O=C(O)C1CCN(C(=O)c2cnc(-c3ccc4c(c3)OCO4)s2)C1. The second kappa shape index (κ2) is 5.79. The van der Waals surface area contributed by atoms with Crippen LogP contribution in [0.1, 0.15) is 16.1 Å². The molecule has 2 aliphatic rings. The Morgan fingerprint density at radius 2 is 2.12 bits per heavy atom. The number of likely N-dealkylation sites (tertiary alicyclic amines) is 1. The molecule has 1 unspecified atom stereocenters. The minimum atomic E-state index is -0.851. The molecule has 1 amide bonds. The highest BCUT2D eigenvalue weighted by Crippen LogP contribution is 2.37. The first-order chi connectivity index (χ1) is 11.6. The van der Waals surface area contributed by atoms with Crippen LogP contribution in [0.5, 0.6) is 11.5 Å². The van der Waals surface area contributed by atoms with Gasteiger partial charge in [-0.2, -0.15) is 0 Å². The summed E-state index contributed by atoms with van der Waals surface area (Å²) >= 11 is 1.29. The lowest BCUT2D eigenvalue weighted by Crippen LogP contribution is -2.29. The number of rotatable bonds is 3. The Kier molecular flexibility index (Phi) is 3.61. The molecule has 1 fully saturated rings. The molecule has 1 atom stereocenters. The van der Waals surface area contributed by atoms with Gasteiger partial charge < -0.3 is 19.5 Å². The Labute approximate surface area is 141 Å². The van der Waals surface area contributed by atoms with Crippen molar-refractivity contribution in [1.82, 2.24) is 9.88 Å². The Morgan fingerprint density at radius 1 is 1.29 bits per heavy atom. The number of nitrogens with zero attached hydrogens (tertiary/aromatic N) is 2. The van der Waals surface area contributed by atoms with E-state index in [0.29, 0.717) is 34.3 Å². The summed E-state index contributed by atoms with van der Waals surface area (Å²) in [6.45, 7) is 0.929. The quantitative estimate of drug-likeness (QED) is 0.915. The molecule has 8 heteroatoms. The topological polar surface area (TPSA) is 89.0 Å². The predicted molar refractivity (Wildman–Crippen MR) is 85.3 cm³/mol. The van der Waals surface area contributed by atoms with E-state index in [-0.39, 0.29) is 19.2 Å². The van der Waals surface area contributed by atoms with E-state index in [1.54, 1.807) is 11.1 Å². The van der Waals surface area contributed by atoms with E-state index in [2.05, 4.69) is 4.98 Å². The molecule has 0 radical (unpaired) electrons. The van der Waals surface area contributed by atoms with Crippen molar-refractivity contribution in [2.75, 3.05) is 19.9 Å². The lowest BCUT2D eigenvalue weighted by molar-refractivity contribution is -0.141. The molecule has 24 heavy (non-hydrogen) atoms. The van der Waals surface area contributed by atoms with Crippen LogP contribution in [0.3, 0.4) is 0 Å². The smallest absolute Gasteiger partial charge is 0.308 e. The third-order valence-corrected chi connectivity index (χ3v) is 5.20. The molecule has 4 rings (SSSR count). The highest BCUT2D eigenvalue weighted by molar-refractivity contribution is 7.16. The number of aliphatic carboxylic acids is 1. The molecule has 1 aromatic carbocycles. The summed E-state index contributed by atoms with van der Waals surface area (Å²) in [5, 5.41) is 9.76. The molecular formula is C16H14N2O5S. The van der Waals surface area contributed by atoms with Gasteiger partial charge in [-0.15, -0.1) is 11.3 Å². The van der Waals surface area contributed by atoms with E-state index >= 15 is 0 Å². The largest absolute Gasteiger partial charge is 0.481 e. The number of carbonyl (C=O) groups excluding carboxylic acids is 1. The van der Waals surface area contributed by atoms with E-state index in [4.69, 9.17) is 14.6 Å². The maximum atomic E-state index is 12.5. The van der Waals surface area contributed by atoms with Crippen molar-refractivity contribution in [1.29, 1.82) is 0 Å². The number of hydrogen-bond donors (Lipinski definition) is 1. The number of fused-ring (bicyclic) bond motifs is 1. The normalized spacial score (nSPS) is 18.8. The van der Waals surface area contributed by atoms with Crippen LogP contribution in [0.25, 0.3) is 10.6 Å². The van der Waals surface area contributed by atoms with Crippen LogP contribution in [0.15, 0.2) is 24.4 Å². The Hall–Kier alpha value is -2.61. The molecular weight excluding hydrogens is 332 g/mol. The minimum absolute atomic E-state index is 0.164. The molecule has 0 spiro atoms. The highest BCUT2D eigenvalue weighted by Gasteiger charge is 2.32. The number of carbonyl (C=O) groups is 2. The summed E-state index contributed by atoms with van der Waals surface area (Å²) in [7, 11) is 0. The fourth-order valence-corrected chi connectivity index (χ4v) is 3.72. The summed E-state index contributed by atoms with van der Waals surface area (Å²) in [4.78, 5) is 29.9. The summed E-state index contributed by atoms with van der Waals surface area (Å²) in [6, 6.07) is 5.53. The molecule has 1 saturated heterocycles. The predicted octanol–water partition coefficient (Wildman–Crippen LogP) is 2.09. The van der Waals surface area contributed by atoms with Gasteiger partial charge in [0, 0.05) is 18.7 Å². The molecule has 0 bridgehead atoms. The second-order valence-electron chi connectivity index (χ2n) is 5.67. The van der Waals surface area contributed by atoms with Gasteiger partial charge in [-0.1, -0.05) is 0 Å². The molecule has 7 nitrogen and oxygen atoms in total. The first-order valence-corrected chi connectivity index (χ1v) is 8.31. The summed E-state index contributed by atoms with van der Waals surface area (Å²) in [6.07, 6.45) is 2.04. The van der Waals surface area contributed by atoms with Gasteiger partial charge in [-0.3, -0.25) is 9.59 Å². The van der Waals surface area contributed by atoms with E-state index in [9.17, 15) is 9.59 Å². The summed E-state index contributed by atoms with van der Waals surface area (Å²) < 4.78 is 10.6. The van der Waals surface area contributed by atoms with E-state index < -0.39 is 11.9 Å². The molecule has 0 saturated carbocycles. The number of ether oxygens (including phenoxy) is 2. The van der Waals surface area contributed by atoms with E-state index in [1.165, 1.54) is 11.3 Å². The van der Waals surface area contributed by atoms with Gasteiger partial charge >= 0.3 is 5.97 Å². The van der Waals surface area contributed by atoms with Gasteiger partial charge in [0.05, 0.1) is 12.1 Å². The van der Waals surface area contributed by atoms with Crippen LogP contribution < -0.4 is 9.47 Å². The minimum Gasteiger partial charge on any atom is -0.481 e. The van der Waals surface area contributed by atoms with Gasteiger partial charge in [-0.05, 0) is 24.6 Å². The Bertz CT molecular complexity index is 819. The van der Waals surface area contributed by atoms with Gasteiger partial charge in [0.1, 0.15) is 9.88 Å². The van der Waals surface area contributed by atoms with Crippen molar-refractivity contribution in [3.05, 3.63) is 29.3 Å². The van der Waals surface area contributed by atoms with Crippen molar-refractivity contribution >= 4 is 23.2 Å². The van der Waals surface area contributed by atoms with Crippen LogP contribution in [0.2, 0.25) is 0 Å². The lowest BCUT2D eigenvalue weighted by atomic mass is 10.1. The molecule has 2 aromatic rings. The number of hydrogen-bond acceptors (Lipinski definition) is 6. The van der Waals surface area contributed by atoms with Crippen molar-refractivity contribution in [3.8, 4) is 22.1 Å². The number of amides is 1. The fraction of sp³-hybridized carbons (Fsp3) is 0.312. The van der Waals surface area contributed by atoms with Gasteiger partial charge in [-0.25, -0.2) is 4.98 Å². The van der Waals surface area contributed by atoms with Crippen molar-refractivity contribution in [3.63, 3.8) is 0 Å². The first kappa shape index (κ1) is 14.9. The van der Waals surface area contributed by atoms with Crippen molar-refractivity contribution in [2.24, 2.45) is 5.92 Å². The summed E-state index contributed by atoms with van der Waals surface area (Å²) in [5.41, 5.74) is 0.855. The zero-order valence-corrected chi connectivity index (χ0v) is 13.4. The lowest BCUT2D eigenvalue weighted by Gasteiger charge is -2.13. The zero-order chi connectivity index (χ0) is 16.7. The zero-order valence-electron chi connectivity index (χ0n) is 12.6. The van der Waals surface area contributed by atoms with E-state index in [0.717, 1.165) is 5.56 Å². The van der Waals surface area contributed by atoms with Crippen LogP contribution in [-0.4, -0.2) is 46.7 Å². The number of carboxylic acid groups (broad SMARTS) is 1. The molecule has 2 aliphatic heterocycles. The monoisotopic (exact) mass is 346 g/mol. The molecule has 124 valence electrons. The van der Waals surface area contributed by atoms with Crippen LogP contribution in [0.4, 0.5) is 0 Å². The third kappa shape index (κ3) is 2.58. The van der Waals surface area contributed by atoms with Crippen molar-refractivity contribution < 1.29 is 24.2 Å². The molecule has 0 aliphatic carbocycles. The average molecular weight is 346 g/mol. The van der Waals surface area contributed by atoms with Crippen LogP contribution >= 0.6 is 11.3 Å². The standard InChI is InChI=1S/C16H14N2O5S/c19-15(18-4-3-10(7-18)16(20)21)13-6-17-14(24-13)9-1-2-11-12(5-9)23-8-22-11/h1-2,5-6,10H,3-4,7-8H2,(H,20,21). The van der Waals surface area contributed by atoms with E-state index in [1.807, 2.05) is 18.2 Å². The maximum Gasteiger partial charge on any atom is 0.308 e. The Balaban J connectivity index is 1.53.